The van der Waals surface area contributed by atoms with Crippen LogP contribution in [-0.4, -0.2) is 63.6 Å². The molecule has 1 aromatic carbocycles. The summed E-state index contributed by atoms with van der Waals surface area (Å²) in [6.07, 6.45) is 4.08. The molecule has 3 rings (SSSR count). The van der Waals surface area contributed by atoms with Crippen LogP contribution < -0.4 is 7.80 Å². The zero-order valence-electron chi connectivity index (χ0n) is 14.9. The standard InChI is InChI=1S/C17H19BIN3O6/c19-28-16-10(3-4-18-26)1-2-13(15(16)17(24)25)27-12-7-22(8-12)14(23)5-11-6-20-9-21-11/h1-2,6,9,12,18,26H,3-5,7-8H2,(H,20,21)(H,24,25). The molecule has 0 atom stereocenters. The lowest BCUT2D eigenvalue weighted by Crippen LogP contribution is -2.56. The molecule has 2 aromatic rings. The number of carboxylic acid groups (broad SMARTS) is 1. The van der Waals surface area contributed by atoms with Gasteiger partial charge in [0.15, 0.2) is 28.8 Å². The Balaban J connectivity index is 1.66. The lowest BCUT2D eigenvalue weighted by Gasteiger charge is -2.39. The molecule has 1 saturated heterocycles. The van der Waals surface area contributed by atoms with Crippen molar-refractivity contribution in [2.24, 2.45) is 0 Å². The van der Waals surface area contributed by atoms with Crippen LogP contribution >= 0.6 is 23.0 Å². The van der Waals surface area contributed by atoms with Crippen LogP contribution in [0.5, 0.6) is 11.5 Å². The number of hydrogen-bond acceptors (Lipinski definition) is 6. The van der Waals surface area contributed by atoms with Gasteiger partial charge in [0.2, 0.25) is 5.91 Å². The van der Waals surface area contributed by atoms with Crippen molar-refractivity contribution in [3.05, 3.63) is 41.5 Å². The molecule has 0 radical (unpaired) electrons. The number of nitrogens with zero attached hydrogens (tertiary/aromatic N) is 2. The zero-order valence-corrected chi connectivity index (χ0v) is 17.1. The van der Waals surface area contributed by atoms with Gasteiger partial charge in [-0.15, -0.1) is 0 Å². The van der Waals surface area contributed by atoms with Crippen molar-refractivity contribution in [2.45, 2.75) is 25.3 Å². The van der Waals surface area contributed by atoms with Crippen LogP contribution in [0.2, 0.25) is 6.32 Å². The van der Waals surface area contributed by atoms with Gasteiger partial charge in [-0.05, 0) is 24.4 Å². The number of H-pyrrole nitrogens is 1. The van der Waals surface area contributed by atoms with Gasteiger partial charge in [-0.25, -0.2) is 9.78 Å². The highest BCUT2D eigenvalue weighted by molar-refractivity contribution is 14.1. The molecule has 148 valence electrons. The first-order valence-corrected chi connectivity index (χ1v) is 9.61. The number of hydrogen-bond donors (Lipinski definition) is 3. The van der Waals surface area contributed by atoms with Crippen LogP contribution in [0.15, 0.2) is 24.7 Å². The summed E-state index contributed by atoms with van der Waals surface area (Å²) >= 11 is 1.64. The number of nitrogens with one attached hydrogen (secondary N) is 1. The molecule has 1 aliphatic heterocycles. The van der Waals surface area contributed by atoms with E-state index in [9.17, 15) is 14.7 Å². The zero-order chi connectivity index (χ0) is 20.1. The first kappa shape index (κ1) is 20.5. The highest BCUT2D eigenvalue weighted by Crippen LogP contribution is 2.35. The van der Waals surface area contributed by atoms with E-state index in [-0.39, 0.29) is 43.0 Å². The van der Waals surface area contributed by atoms with E-state index >= 15 is 0 Å². The number of aromatic carboxylic acids is 1. The van der Waals surface area contributed by atoms with Crippen molar-refractivity contribution in [3.8, 4) is 11.5 Å². The molecule has 1 aliphatic rings. The molecule has 2 heterocycles. The Kier molecular flexibility index (Phi) is 6.78. The Bertz CT molecular complexity index is 842. The number of imidazole rings is 1. The minimum absolute atomic E-state index is 0.00578. The second kappa shape index (κ2) is 9.28. The Morgan fingerprint density at radius 2 is 2.18 bits per heavy atom. The number of halogens is 1. The van der Waals surface area contributed by atoms with Gasteiger partial charge in [-0.1, -0.05) is 6.07 Å². The molecule has 9 nitrogen and oxygen atoms in total. The summed E-state index contributed by atoms with van der Waals surface area (Å²) in [6, 6.07) is 3.34. The predicted molar refractivity (Wildman–Crippen MR) is 109 cm³/mol. The van der Waals surface area contributed by atoms with Crippen LogP contribution in [0.25, 0.3) is 0 Å². The SMILES string of the molecule is O=C(O)c1c(OC2CN(C(=O)Cc3cnc[nH]3)C2)ccc(CCBO)c1OI. The number of aromatic amines is 1. The topological polar surface area (TPSA) is 125 Å². The Hall–Kier alpha value is -2.28. The fourth-order valence-corrected chi connectivity index (χ4v) is 3.52. The average Bonchev–Trinajstić information content (AvgIpc) is 3.14. The first-order valence-electron chi connectivity index (χ1n) is 8.73. The molecule has 28 heavy (non-hydrogen) atoms. The smallest absolute Gasteiger partial charge is 0.343 e. The third-order valence-corrected chi connectivity index (χ3v) is 4.93. The maximum Gasteiger partial charge on any atom is 0.343 e. The Labute approximate surface area is 176 Å². The van der Waals surface area contributed by atoms with Gasteiger partial charge in [0.25, 0.3) is 7.48 Å². The number of aryl methyl sites for hydroxylation is 1. The van der Waals surface area contributed by atoms with Gasteiger partial charge in [-0.2, -0.15) is 0 Å². The van der Waals surface area contributed by atoms with Gasteiger partial charge >= 0.3 is 5.97 Å². The summed E-state index contributed by atoms with van der Waals surface area (Å²) in [7, 11) is 0.00578. The molecule has 0 aliphatic carbocycles. The second-order valence-corrected chi connectivity index (χ2v) is 6.87. The van der Waals surface area contributed by atoms with Crippen molar-refractivity contribution >= 4 is 42.4 Å². The van der Waals surface area contributed by atoms with E-state index < -0.39 is 5.97 Å². The molecule has 0 unspecified atom stereocenters. The molecule has 3 N–H and O–H groups in total. The minimum atomic E-state index is -1.15. The lowest BCUT2D eigenvalue weighted by atomic mass is 9.90. The van der Waals surface area contributed by atoms with E-state index in [2.05, 4.69) is 9.97 Å². The Morgan fingerprint density at radius 3 is 2.79 bits per heavy atom. The number of amides is 1. The van der Waals surface area contributed by atoms with E-state index in [1.807, 2.05) is 0 Å². The summed E-state index contributed by atoms with van der Waals surface area (Å²) in [5, 5.41) is 18.6. The normalized spacial score (nSPS) is 13.7. The highest BCUT2D eigenvalue weighted by Gasteiger charge is 2.34. The number of aromatic nitrogens is 2. The largest absolute Gasteiger partial charge is 0.486 e. The number of carbonyl (C=O) groups excluding carboxylic acids is 1. The molecule has 11 heteroatoms. The molecule has 0 bridgehead atoms. The second-order valence-electron chi connectivity index (χ2n) is 6.43. The molecular formula is C17H19BIN3O6. The third kappa shape index (κ3) is 4.58. The maximum absolute atomic E-state index is 12.2. The third-order valence-electron chi connectivity index (χ3n) is 4.49. The number of benzene rings is 1. The fraction of sp³-hybridized carbons (Fsp3) is 0.353. The van der Waals surface area contributed by atoms with E-state index in [1.165, 1.54) is 6.33 Å². The minimum Gasteiger partial charge on any atom is -0.486 e. The van der Waals surface area contributed by atoms with Gasteiger partial charge < -0.3 is 27.8 Å². The summed E-state index contributed by atoms with van der Waals surface area (Å²) < 4.78 is 11.1. The summed E-state index contributed by atoms with van der Waals surface area (Å²) in [5.74, 6) is -0.764. The van der Waals surface area contributed by atoms with Crippen LogP contribution in [-0.2, 0) is 17.6 Å². The van der Waals surface area contributed by atoms with Crippen LogP contribution in [0.4, 0.5) is 0 Å². The van der Waals surface area contributed by atoms with E-state index in [0.717, 1.165) is 5.69 Å². The van der Waals surface area contributed by atoms with Crippen molar-refractivity contribution in [2.75, 3.05) is 13.1 Å². The molecule has 1 fully saturated rings. The number of likely N-dealkylation sites (tertiary alicyclic amines) is 1. The highest BCUT2D eigenvalue weighted by atomic mass is 127. The summed E-state index contributed by atoms with van der Waals surface area (Å²) in [4.78, 5) is 32.4. The van der Waals surface area contributed by atoms with Crippen molar-refractivity contribution < 1.29 is 27.5 Å². The predicted octanol–water partition coefficient (Wildman–Crippen LogP) is 0.974. The van der Waals surface area contributed by atoms with Crippen molar-refractivity contribution in [1.29, 1.82) is 0 Å². The van der Waals surface area contributed by atoms with Crippen LogP contribution in [0, 0.1) is 0 Å². The molecule has 1 aromatic heterocycles. The molecule has 1 amide bonds. The number of rotatable bonds is 9. The van der Waals surface area contributed by atoms with Gasteiger partial charge in [-0.3, -0.25) is 4.79 Å². The Morgan fingerprint density at radius 1 is 1.39 bits per heavy atom. The quantitative estimate of drug-likeness (QED) is 0.347. The van der Waals surface area contributed by atoms with Crippen LogP contribution in [0.3, 0.4) is 0 Å². The van der Waals surface area contributed by atoms with E-state index in [0.29, 0.717) is 31.4 Å². The lowest BCUT2D eigenvalue weighted by molar-refractivity contribution is -0.139. The number of carbonyl (C=O) groups is 2. The fourth-order valence-electron chi connectivity index (χ4n) is 3.01. The van der Waals surface area contributed by atoms with Crippen molar-refractivity contribution in [3.63, 3.8) is 0 Å². The van der Waals surface area contributed by atoms with Gasteiger partial charge in [0.1, 0.15) is 17.4 Å². The molecule has 0 saturated carbocycles. The summed E-state index contributed by atoms with van der Waals surface area (Å²) in [6.45, 7) is 0.775. The number of ether oxygens (including phenoxy) is 1. The van der Waals surface area contributed by atoms with E-state index in [4.69, 9.17) is 12.8 Å². The van der Waals surface area contributed by atoms with Gasteiger partial charge in [0.05, 0.1) is 25.8 Å². The molecular weight excluding hydrogens is 480 g/mol. The number of carboxylic acids is 1. The summed E-state index contributed by atoms with van der Waals surface area (Å²) in [5.41, 5.74) is 1.38. The van der Waals surface area contributed by atoms with Crippen LogP contribution in [0.1, 0.15) is 21.6 Å². The van der Waals surface area contributed by atoms with Crippen molar-refractivity contribution in [1.82, 2.24) is 14.9 Å². The maximum atomic E-state index is 12.2. The molecule has 0 spiro atoms. The van der Waals surface area contributed by atoms with Gasteiger partial charge in [0, 0.05) is 11.9 Å². The average molecular weight is 499 g/mol. The monoisotopic (exact) mass is 499 g/mol. The van der Waals surface area contributed by atoms with E-state index in [1.54, 1.807) is 46.2 Å². The first-order chi connectivity index (χ1) is 13.5.